The Balaban J connectivity index is 1.24. The number of nitrogens with zero attached hydrogens (tertiary/aromatic N) is 3. The molecule has 3 nitrogen and oxygen atoms in total. The number of hydrogen-bond acceptors (Lipinski definition) is 3. The van der Waals surface area contributed by atoms with Crippen LogP contribution in [0.3, 0.4) is 0 Å². The van der Waals surface area contributed by atoms with Crippen LogP contribution in [0.25, 0.3) is 88.8 Å². The zero-order chi connectivity index (χ0) is 33.3. The van der Waals surface area contributed by atoms with Gasteiger partial charge in [0.05, 0.1) is 11.4 Å². The molecule has 0 fully saturated rings. The van der Waals surface area contributed by atoms with E-state index < -0.39 is 0 Å². The van der Waals surface area contributed by atoms with E-state index in [0.29, 0.717) is 5.82 Å². The highest BCUT2D eigenvalue weighted by atomic mass is 14.9. The van der Waals surface area contributed by atoms with Crippen molar-refractivity contribution in [1.82, 2.24) is 15.0 Å². The van der Waals surface area contributed by atoms with Crippen LogP contribution in [0.15, 0.2) is 188 Å². The Kier molecular flexibility index (Phi) is 7.49. The Morgan fingerprint density at radius 2 is 0.700 bits per heavy atom. The van der Waals surface area contributed by atoms with Crippen LogP contribution >= 0.6 is 0 Å². The van der Waals surface area contributed by atoms with Gasteiger partial charge in [-0.15, -0.1) is 0 Å². The van der Waals surface area contributed by atoms with E-state index in [1.54, 1.807) is 0 Å². The van der Waals surface area contributed by atoms with Crippen molar-refractivity contribution in [2.75, 3.05) is 0 Å². The quantitative estimate of drug-likeness (QED) is 0.170. The summed E-state index contributed by atoms with van der Waals surface area (Å²) in [5, 5.41) is 4.85. The van der Waals surface area contributed by atoms with Crippen molar-refractivity contribution in [2.45, 2.75) is 0 Å². The van der Waals surface area contributed by atoms with Gasteiger partial charge in [0.2, 0.25) is 0 Å². The molecule has 0 aliphatic carbocycles. The van der Waals surface area contributed by atoms with Gasteiger partial charge in [-0.3, -0.25) is 4.98 Å². The molecule has 7 aromatic carbocycles. The van der Waals surface area contributed by atoms with Crippen LogP contribution in [0, 0.1) is 0 Å². The van der Waals surface area contributed by atoms with Crippen LogP contribution in [0.5, 0.6) is 0 Å². The Morgan fingerprint density at radius 3 is 1.26 bits per heavy atom. The van der Waals surface area contributed by atoms with Crippen molar-refractivity contribution in [1.29, 1.82) is 0 Å². The second kappa shape index (κ2) is 12.7. The number of pyridine rings is 1. The van der Waals surface area contributed by atoms with Crippen molar-refractivity contribution in [2.24, 2.45) is 0 Å². The number of benzene rings is 7. The van der Waals surface area contributed by atoms with E-state index >= 15 is 0 Å². The van der Waals surface area contributed by atoms with E-state index in [1.807, 2.05) is 36.7 Å². The fourth-order valence-corrected chi connectivity index (χ4v) is 7.05. The molecule has 0 unspecified atom stereocenters. The summed E-state index contributed by atoms with van der Waals surface area (Å²) in [6, 6.07) is 61.9. The lowest BCUT2D eigenvalue weighted by molar-refractivity contribution is 1.18. The van der Waals surface area contributed by atoms with Crippen LogP contribution in [0.1, 0.15) is 0 Å². The minimum atomic E-state index is 0.700. The molecule has 9 aromatic rings. The van der Waals surface area contributed by atoms with Gasteiger partial charge in [-0.1, -0.05) is 146 Å². The van der Waals surface area contributed by atoms with E-state index in [-0.39, 0.29) is 0 Å². The fourth-order valence-electron chi connectivity index (χ4n) is 7.05. The SMILES string of the molecule is c1ccc(-c2cccc(-c3cc(-c4cccc(-c5c6ccccc6c(-c6ccncc6)c6ccccc56)c4)nc(-c4ccccc4)n3)c2)cc1. The van der Waals surface area contributed by atoms with Gasteiger partial charge in [-0.05, 0) is 85.3 Å². The van der Waals surface area contributed by atoms with E-state index in [9.17, 15) is 0 Å². The molecule has 0 amide bonds. The molecule has 0 saturated heterocycles. The second-order valence-corrected chi connectivity index (χ2v) is 12.4. The second-order valence-electron chi connectivity index (χ2n) is 12.4. The van der Waals surface area contributed by atoms with Crippen LogP contribution in [0.2, 0.25) is 0 Å². The monoisotopic (exact) mass is 637 g/mol. The Morgan fingerprint density at radius 1 is 0.280 bits per heavy atom. The van der Waals surface area contributed by atoms with Gasteiger partial charge in [0.1, 0.15) is 0 Å². The minimum absolute atomic E-state index is 0.700. The van der Waals surface area contributed by atoms with E-state index in [0.717, 1.165) is 44.8 Å². The van der Waals surface area contributed by atoms with Crippen LogP contribution in [-0.2, 0) is 0 Å². The molecule has 50 heavy (non-hydrogen) atoms. The maximum atomic E-state index is 5.18. The third-order valence-electron chi connectivity index (χ3n) is 9.37. The molecular weight excluding hydrogens is 607 g/mol. The minimum Gasteiger partial charge on any atom is -0.265 e. The van der Waals surface area contributed by atoms with Gasteiger partial charge < -0.3 is 0 Å². The number of fused-ring (bicyclic) bond motifs is 2. The number of rotatable bonds is 6. The smallest absolute Gasteiger partial charge is 0.160 e. The lowest BCUT2D eigenvalue weighted by Crippen LogP contribution is -1.96. The maximum absolute atomic E-state index is 5.18. The van der Waals surface area contributed by atoms with Gasteiger partial charge in [0, 0.05) is 29.1 Å². The van der Waals surface area contributed by atoms with Crippen molar-refractivity contribution in [3.05, 3.63) is 188 Å². The molecule has 0 aliphatic rings. The summed E-state index contributed by atoms with van der Waals surface area (Å²) >= 11 is 0. The summed E-state index contributed by atoms with van der Waals surface area (Å²) in [4.78, 5) is 14.6. The molecule has 0 atom stereocenters. The summed E-state index contributed by atoms with van der Waals surface area (Å²) in [6.07, 6.45) is 3.74. The van der Waals surface area contributed by atoms with Gasteiger partial charge in [-0.2, -0.15) is 0 Å². The van der Waals surface area contributed by atoms with Crippen LogP contribution < -0.4 is 0 Å². The molecule has 0 N–H and O–H groups in total. The molecule has 0 aliphatic heterocycles. The van der Waals surface area contributed by atoms with Crippen LogP contribution in [-0.4, -0.2) is 15.0 Å². The normalized spacial score (nSPS) is 11.2. The van der Waals surface area contributed by atoms with E-state index in [2.05, 4.69) is 157 Å². The first-order valence-corrected chi connectivity index (χ1v) is 16.9. The van der Waals surface area contributed by atoms with Crippen molar-refractivity contribution in [3.8, 4) is 67.3 Å². The summed E-state index contributed by atoms with van der Waals surface area (Å²) in [5.41, 5.74) is 11.9. The Bertz CT molecular complexity index is 2580. The summed E-state index contributed by atoms with van der Waals surface area (Å²) < 4.78 is 0. The van der Waals surface area contributed by atoms with Crippen molar-refractivity contribution >= 4 is 21.5 Å². The number of hydrogen-bond donors (Lipinski definition) is 0. The lowest BCUT2D eigenvalue weighted by Gasteiger charge is -2.18. The molecule has 9 rings (SSSR count). The van der Waals surface area contributed by atoms with Gasteiger partial charge in [-0.25, -0.2) is 9.97 Å². The molecule has 0 radical (unpaired) electrons. The van der Waals surface area contributed by atoms with E-state index in [1.165, 1.54) is 38.2 Å². The molecule has 2 aromatic heterocycles. The average molecular weight is 638 g/mol. The molecule has 0 bridgehead atoms. The van der Waals surface area contributed by atoms with Gasteiger partial charge in [0.15, 0.2) is 5.82 Å². The van der Waals surface area contributed by atoms with Crippen LogP contribution in [0.4, 0.5) is 0 Å². The summed E-state index contributed by atoms with van der Waals surface area (Å²) in [7, 11) is 0. The first-order chi connectivity index (χ1) is 24.8. The topological polar surface area (TPSA) is 38.7 Å². The predicted octanol–water partition coefficient (Wildman–Crippen LogP) is 12.2. The zero-order valence-corrected chi connectivity index (χ0v) is 27.2. The highest BCUT2D eigenvalue weighted by Crippen LogP contribution is 2.44. The van der Waals surface area contributed by atoms with E-state index in [4.69, 9.17) is 9.97 Å². The average Bonchev–Trinajstić information content (AvgIpc) is 3.21. The summed E-state index contributed by atoms with van der Waals surface area (Å²) in [6.45, 7) is 0. The standard InChI is InChI=1S/C47H31N3/c1-3-13-32(14-4-1)35-17-11-18-36(29-35)43-31-44(50-47(49-43)34-15-5-2-6-16-34)37-19-12-20-38(30-37)46-41-23-9-7-21-39(41)45(33-25-27-48-28-26-33)40-22-8-10-24-42(40)46/h1-31H. The van der Waals surface area contributed by atoms with Crippen molar-refractivity contribution in [3.63, 3.8) is 0 Å². The lowest BCUT2D eigenvalue weighted by atomic mass is 9.86. The molecule has 0 saturated carbocycles. The Hall–Kier alpha value is -6.71. The third-order valence-corrected chi connectivity index (χ3v) is 9.37. The third kappa shape index (κ3) is 5.41. The van der Waals surface area contributed by atoms with Crippen molar-refractivity contribution < 1.29 is 0 Å². The maximum Gasteiger partial charge on any atom is 0.160 e. The number of aromatic nitrogens is 3. The van der Waals surface area contributed by atoms with Gasteiger partial charge in [0.25, 0.3) is 0 Å². The predicted molar refractivity (Wildman–Crippen MR) is 207 cm³/mol. The summed E-state index contributed by atoms with van der Waals surface area (Å²) in [5.74, 6) is 0.700. The molecule has 0 spiro atoms. The Labute approximate surface area is 291 Å². The molecule has 3 heteroatoms. The zero-order valence-electron chi connectivity index (χ0n) is 27.2. The highest BCUT2D eigenvalue weighted by Gasteiger charge is 2.18. The first kappa shape index (κ1) is 29.4. The molecule has 2 heterocycles. The first-order valence-electron chi connectivity index (χ1n) is 16.9. The largest absolute Gasteiger partial charge is 0.265 e. The molecule has 234 valence electrons. The fraction of sp³-hybridized carbons (Fsp3) is 0. The van der Waals surface area contributed by atoms with Gasteiger partial charge >= 0.3 is 0 Å². The highest BCUT2D eigenvalue weighted by molar-refractivity contribution is 6.21. The molecular formula is C47H31N3.